The van der Waals surface area contributed by atoms with Gasteiger partial charge >= 0.3 is 0 Å². The van der Waals surface area contributed by atoms with E-state index in [1.165, 1.54) is 6.07 Å². The van der Waals surface area contributed by atoms with Crippen molar-refractivity contribution in [1.82, 2.24) is 4.98 Å². The molecule has 0 saturated carbocycles. The summed E-state index contributed by atoms with van der Waals surface area (Å²) in [5, 5.41) is 9.61. The highest BCUT2D eigenvalue weighted by atomic mass is 32.1. The van der Waals surface area contributed by atoms with E-state index in [4.69, 9.17) is 11.1 Å². The highest BCUT2D eigenvalue weighted by molar-refractivity contribution is 7.18. The van der Waals surface area contributed by atoms with E-state index in [1.54, 1.807) is 23.5 Å². The monoisotopic (exact) mass is 347 g/mol. The molecule has 0 aliphatic rings. The number of fused-ring (bicyclic) bond motifs is 1. The van der Waals surface area contributed by atoms with E-state index in [9.17, 15) is 4.39 Å². The number of nitrogens with zero attached hydrogens (tertiary/aromatic N) is 1. The summed E-state index contributed by atoms with van der Waals surface area (Å²) in [6.45, 7) is 0. The third-order valence-corrected chi connectivity index (χ3v) is 5.25. The SMILES string of the molecule is N=C(N)c1ccc(-c2ccc(-c3cncc4ccccc34)s2)cc1F. The number of benzene rings is 2. The van der Waals surface area contributed by atoms with Gasteiger partial charge in [-0.25, -0.2) is 4.39 Å². The lowest BCUT2D eigenvalue weighted by molar-refractivity contribution is 0.625. The van der Waals surface area contributed by atoms with E-state index in [-0.39, 0.29) is 11.4 Å². The average molecular weight is 347 g/mol. The molecule has 2 heterocycles. The fourth-order valence-electron chi connectivity index (χ4n) is 2.84. The van der Waals surface area contributed by atoms with Crippen molar-refractivity contribution in [3.63, 3.8) is 0 Å². The molecule has 0 aliphatic heterocycles. The highest BCUT2D eigenvalue weighted by Gasteiger charge is 2.11. The molecular weight excluding hydrogens is 333 g/mol. The number of nitrogens with two attached hydrogens (primary N) is 1. The van der Waals surface area contributed by atoms with Crippen molar-refractivity contribution in [1.29, 1.82) is 5.41 Å². The van der Waals surface area contributed by atoms with Crippen LogP contribution in [0.1, 0.15) is 5.56 Å². The summed E-state index contributed by atoms with van der Waals surface area (Å²) in [4.78, 5) is 6.36. The summed E-state index contributed by atoms with van der Waals surface area (Å²) >= 11 is 1.59. The van der Waals surface area contributed by atoms with Crippen molar-refractivity contribution < 1.29 is 4.39 Å². The molecule has 3 nitrogen and oxygen atoms in total. The lowest BCUT2D eigenvalue weighted by Crippen LogP contribution is -2.12. The van der Waals surface area contributed by atoms with Crippen LogP contribution in [-0.2, 0) is 0 Å². The first kappa shape index (κ1) is 15.5. The van der Waals surface area contributed by atoms with E-state index in [2.05, 4.69) is 11.1 Å². The minimum absolute atomic E-state index is 0.124. The van der Waals surface area contributed by atoms with Gasteiger partial charge in [-0.1, -0.05) is 30.3 Å². The van der Waals surface area contributed by atoms with E-state index >= 15 is 0 Å². The molecule has 2 aromatic heterocycles. The second kappa shape index (κ2) is 6.11. The molecule has 0 fully saturated rings. The van der Waals surface area contributed by atoms with Crippen LogP contribution in [0.4, 0.5) is 4.39 Å². The number of amidine groups is 1. The molecule has 3 N–H and O–H groups in total. The molecule has 4 aromatic rings. The Morgan fingerprint density at radius 3 is 2.60 bits per heavy atom. The van der Waals surface area contributed by atoms with Gasteiger partial charge in [0.2, 0.25) is 0 Å². The maximum absolute atomic E-state index is 14.1. The molecule has 0 saturated heterocycles. The smallest absolute Gasteiger partial charge is 0.134 e. The summed E-state index contributed by atoms with van der Waals surface area (Å²) < 4.78 is 14.1. The van der Waals surface area contributed by atoms with Gasteiger partial charge in [-0.15, -0.1) is 11.3 Å². The molecule has 2 aromatic carbocycles. The zero-order chi connectivity index (χ0) is 17.4. The van der Waals surface area contributed by atoms with Crippen molar-refractivity contribution in [2.45, 2.75) is 0 Å². The Bertz CT molecular complexity index is 1100. The van der Waals surface area contributed by atoms with Gasteiger partial charge in [0.1, 0.15) is 11.7 Å². The molecule has 25 heavy (non-hydrogen) atoms. The number of pyridine rings is 1. The minimum atomic E-state index is -0.480. The van der Waals surface area contributed by atoms with Gasteiger partial charge in [-0.05, 0) is 35.2 Å². The third kappa shape index (κ3) is 2.79. The topological polar surface area (TPSA) is 62.8 Å². The molecule has 0 amide bonds. The van der Waals surface area contributed by atoms with Crippen LogP contribution in [0.2, 0.25) is 0 Å². The summed E-state index contributed by atoms with van der Waals surface area (Å²) in [5.74, 6) is -0.746. The largest absolute Gasteiger partial charge is 0.384 e. The fraction of sp³-hybridized carbons (Fsp3) is 0. The lowest BCUT2D eigenvalue weighted by Gasteiger charge is -2.04. The number of aromatic nitrogens is 1. The van der Waals surface area contributed by atoms with Crippen LogP contribution in [0.25, 0.3) is 31.7 Å². The second-order valence-corrected chi connectivity index (χ2v) is 6.76. The predicted octanol–water partition coefficient (Wildman–Crippen LogP) is 5.05. The molecule has 0 spiro atoms. The van der Waals surface area contributed by atoms with E-state index < -0.39 is 5.82 Å². The minimum Gasteiger partial charge on any atom is -0.384 e. The van der Waals surface area contributed by atoms with Gasteiger partial charge in [-0.3, -0.25) is 10.4 Å². The van der Waals surface area contributed by atoms with Crippen LogP contribution in [0.15, 0.2) is 67.0 Å². The number of thiophene rings is 1. The van der Waals surface area contributed by atoms with Gasteiger partial charge in [0.05, 0.1) is 5.56 Å². The van der Waals surface area contributed by atoms with Crippen LogP contribution in [-0.4, -0.2) is 10.8 Å². The molecule has 0 unspecified atom stereocenters. The Morgan fingerprint density at radius 1 is 1.00 bits per heavy atom. The first-order valence-corrected chi connectivity index (χ1v) is 8.52. The summed E-state index contributed by atoms with van der Waals surface area (Å²) in [6, 6.07) is 16.9. The molecule has 122 valence electrons. The first-order chi connectivity index (χ1) is 12.1. The van der Waals surface area contributed by atoms with Gasteiger partial charge in [0.15, 0.2) is 0 Å². The zero-order valence-corrected chi connectivity index (χ0v) is 14.0. The molecular formula is C20H14FN3S. The van der Waals surface area contributed by atoms with Crippen molar-refractivity contribution in [2.24, 2.45) is 5.73 Å². The number of hydrogen-bond acceptors (Lipinski definition) is 3. The Hall–Kier alpha value is -3.05. The summed E-state index contributed by atoms with van der Waals surface area (Å²) in [7, 11) is 0. The fourth-order valence-corrected chi connectivity index (χ4v) is 3.86. The Morgan fingerprint density at radius 2 is 1.80 bits per heavy atom. The Balaban J connectivity index is 1.78. The van der Waals surface area contributed by atoms with E-state index in [0.29, 0.717) is 0 Å². The van der Waals surface area contributed by atoms with Crippen molar-refractivity contribution in [3.05, 3.63) is 78.4 Å². The predicted molar refractivity (Wildman–Crippen MR) is 101 cm³/mol. The lowest BCUT2D eigenvalue weighted by atomic mass is 10.1. The maximum atomic E-state index is 14.1. The quantitative estimate of drug-likeness (QED) is 0.402. The standard InChI is InChI=1S/C20H14FN3S/c21-17-9-12(5-6-15(17)20(22)23)18-7-8-19(25-18)16-11-24-10-13-3-1-2-4-14(13)16/h1-11H,(H3,22,23). The third-order valence-electron chi connectivity index (χ3n) is 4.08. The van der Waals surface area contributed by atoms with Crippen LogP contribution < -0.4 is 5.73 Å². The van der Waals surface area contributed by atoms with Crippen molar-refractivity contribution >= 4 is 27.9 Å². The van der Waals surface area contributed by atoms with Crippen LogP contribution in [0.5, 0.6) is 0 Å². The molecule has 0 bridgehead atoms. The molecule has 0 atom stereocenters. The number of nitrogen functional groups attached to an aromatic ring is 1. The van der Waals surface area contributed by atoms with Crippen LogP contribution >= 0.6 is 11.3 Å². The molecule has 4 rings (SSSR count). The molecule has 0 aliphatic carbocycles. The number of nitrogens with one attached hydrogen (secondary N) is 1. The van der Waals surface area contributed by atoms with E-state index in [0.717, 1.165) is 31.7 Å². The second-order valence-electron chi connectivity index (χ2n) is 5.68. The zero-order valence-electron chi connectivity index (χ0n) is 13.2. The highest BCUT2D eigenvalue weighted by Crippen LogP contribution is 2.37. The van der Waals surface area contributed by atoms with Crippen LogP contribution in [0, 0.1) is 11.2 Å². The van der Waals surface area contributed by atoms with Crippen LogP contribution in [0.3, 0.4) is 0 Å². The number of halogens is 1. The van der Waals surface area contributed by atoms with Gasteiger partial charge in [-0.2, -0.15) is 0 Å². The normalized spacial score (nSPS) is 10.9. The maximum Gasteiger partial charge on any atom is 0.134 e. The number of hydrogen-bond donors (Lipinski definition) is 2. The first-order valence-electron chi connectivity index (χ1n) is 7.71. The van der Waals surface area contributed by atoms with Gasteiger partial charge in [0.25, 0.3) is 0 Å². The van der Waals surface area contributed by atoms with Gasteiger partial charge in [0, 0.05) is 33.1 Å². The Kier molecular flexibility index (Phi) is 3.78. The van der Waals surface area contributed by atoms with E-state index in [1.807, 2.05) is 42.7 Å². The Labute approximate surface area is 148 Å². The average Bonchev–Trinajstić information content (AvgIpc) is 3.10. The number of rotatable bonds is 3. The molecule has 0 radical (unpaired) electrons. The van der Waals surface area contributed by atoms with Gasteiger partial charge < -0.3 is 5.73 Å². The summed E-state index contributed by atoms with van der Waals surface area (Å²) in [6.07, 6.45) is 3.71. The van der Waals surface area contributed by atoms with Crippen molar-refractivity contribution in [3.8, 4) is 20.9 Å². The molecule has 5 heteroatoms. The summed E-state index contributed by atoms with van der Waals surface area (Å²) in [5.41, 5.74) is 7.33. The van der Waals surface area contributed by atoms with Crippen molar-refractivity contribution in [2.75, 3.05) is 0 Å².